The second-order valence-electron chi connectivity index (χ2n) is 8.41. The fraction of sp³-hybridized carbons (Fsp3) is 0.500. The van der Waals surface area contributed by atoms with Crippen LogP contribution in [0.4, 0.5) is 0 Å². The number of nitrogens with zero attached hydrogens (tertiary/aromatic N) is 1. The summed E-state index contributed by atoms with van der Waals surface area (Å²) in [7, 11) is 1.34. The lowest BCUT2D eigenvalue weighted by Gasteiger charge is -2.55. The second kappa shape index (κ2) is 6.61. The first-order valence-corrected chi connectivity index (χ1v) is 10.2. The second-order valence-corrected chi connectivity index (χ2v) is 8.41. The summed E-state index contributed by atoms with van der Waals surface area (Å²) in [6, 6.07) is 6.64. The van der Waals surface area contributed by atoms with Crippen molar-refractivity contribution in [1.82, 2.24) is 10.2 Å². The zero-order valence-electron chi connectivity index (χ0n) is 16.3. The Morgan fingerprint density at radius 1 is 1.28 bits per heavy atom. The minimum Gasteiger partial charge on any atom is -0.467 e. The minimum atomic E-state index is -0.740. The third-order valence-electron chi connectivity index (χ3n) is 6.97. The van der Waals surface area contributed by atoms with Gasteiger partial charge in [0.15, 0.2) is 5.72 Å². The number of carbonyl (C=O) groups excluding carboxylic acids is 3. The number of para-hydroxylation sites is 1. The molecule has 2 heterocycles. The van der Waals surface area contributed by atoms with Gasteiger partial charge in [0.2, 0.25) is 5.91 Å². The van der Waals surface area contributed by atoms with Crippen molar-refractivity contribution in [3.05, 3.63) is 42.0 Å². The summed E-state index contributed by atoms with van der Waals surface area (Å²) in [5.41, 5.74) is -0.188. The quantitative estimate of drug-likeness (QED) is 0.610. The molecule has 5 aliphatic rings. The third kappa shape index (κ3) is 2.74. The van der Waals surface area contributed by atoms with Crippen molar-refractivity contribution in [3.63, 3.8) is 0 Å². The fourth-order valence-electron chi connectivity index (χ4n) is 5.55. The summed E-state index contributed by atoms with van der Waals surface area (Å²) in [5, 5.41) is 3.11. The number of benzene rings is 1. The Bertz CT molecular complexity index is 912. The topological polar surface area (TPSA) is 84.9 Å². The summed E-state index contributed by atoms with van der Waals surface area (Å²) in [6.07, 6.45) is 6.66. The van der Waals surface area contributed by atoms with Gasteiger partial charge in [-0.2, -0.15) is 0 Å². The Morgan fingerprint density at radius 3 is 2.86 bits per heavy atom. The number of methoxy groups -OCH3 is 1. The van der Waals surface area contributed by atoms with E-state index < -0.39 is 17.7 Å². The summed E-state index contributed by atoms with van der Waals surface area (Å²) in [4.78, 5) is 39.6. The van der Waals surface area contributed by atoms with Crippen molar-refractivity contribution in [1.29, 1.82) is 0 Å². The van der Waals surface area contributed by atoms with Crippen molar-refractivity contribution in [2.75, 3.05) is 13.7 Å². The van der Waals surface area contributed by atoms with E-state index in [9.17, 15) is 14.4 Å². The molecular weight excluding hydrogens is 372 g/mol. The third-order valence-corrected chi connectivity index (χ3v) is 6.97. The van der Waals surface area contributed by atoms with Crippen LogP contribution in [0.5, 0.6) is 5.75 Å². The normalized spacial score (nSPS) is 34.5. The van der Waals surface area contributed by atoms with Crippen LogP contribution in [0, 0.1) is 17.8 Å². The van der Waals surface area contributed by atoms with Crippen LogP contribution in [-0.2, 0) is 14.3 Å². The lowest BCUT2D eigenvalue weighted by atomic mass is 9.59. The van der Waals surface area contributed by atoms with Gasteiger partial charge < -0.3 is 19.7 Å². The van der Waals surface area contributed by atoms with Gasteiger partial charge in [-0.15, -0.1) is 0 Å². The van der Waals surface area contributed by atoms with Gasteiger partial charge in [-0.1, -0.05) is 24.3 Å². The van der Waals surface area contributed by atoms with Crippen molar-refractivity contribution in [2.24, 2.45) is 17.8 Å². The number of rotatable bonds is 2. The number of hydrogen-bond acceptors (Lipinski definition) is 5. The van der Waals surface area contributed by atoms with Crippen LogP contribution in [0.25, 0.3) is 0 Å². The first-order valence-electron chi connectivity index (χ1n) is 10.2. The highest BCUT2D eigenvalue weighted by Gasteiger charge is 2.57. The molecule has 2 aliphatic heterocycles. The standard InChI is InChI=1S/C22H24N2O5/c1-28-21(27)17-6-4-10-24(17)20(26)16-11-14-9-8-13(16)12-22(14)23-19(25)15-5-2-3-7-18(15)29-22/h2-7,13-14,16-17H,8-12H2,1H3,(H,23,25)/t13-,14+,16+,17-,22-/m0/s1. The molecule has 5 atom stereocenters. The molecule has 7 heteroatoms. The molecule has 3 saturated carbocycles. The maximum atomic E-state index is 13.3. The van der Waals surface area contributed by atoms with E-state index in [2.05, 4.69) is 5.32 Å². The van der Waals surface area contributed by atoms with E-state index in [4.69, 9.17) is 9.47 Å². The highest BCUT2D eigenvalue weighted by atomic mass is 16.5. The van der Waals surface area contributed by atoms with E-state index in [1.54, 1.807) is 17.0 Å². The zero-order chi connectivity index (χ0) is 20.2. The van der Waals surface area contributed by atoms with Crippen LogP contribution in [0.2, 0.25) is 0 Å². The average Bonchev–Trinajstić information content (AvgIpc) is 3.23. The summed E-state index contributed by atoms with van der Waals surface area (Å²) < 4.78 is 11.2. The van der Waals surface area contributed by atoms with Crippen molar-refractivity contribution >= 4 is 17.8 Å². The Kier molecular flexibility index (Phi) is 4.15. The molecular formula is C22H24N2O5. The van der Waals surface area contributed by atoms with Crippen LogP contribution in [0.15, 0.2) is 36.4 Å². The molecule has 0 unspecified atom stereocenters. The molecule has 1 N–H and O–H groups in total. The minimum absolute atomic E-state index is 0.00233. The number of fused-ring (bicyclic) bond motifs is 3. The lowest BCUT2D eigenvalue weighted by Crippen LogP contribution is -2.67. The predicted octanol–water partition coefficient (Wildman–Crippen LogP) is 1.88. The Hall–Kier alpha value is -2.83. The Balaban J connectivity index is 1.37. The maximum absolute atomic E-state index is 13.3. The fourth-order valence-corrected chi connectivity index (χ4v) is 5.55. The van der Waals surface area contributed by atoms with E-state index in [-0.39, 0.29) is 29.6 Å². The number of nitrogens with one attached hydrogen (secondary N) is 1. The molecule has 2 amide bonds. The molecule has 0 saturated heterocycles. The van der Waals surface area contributed by atoms with Gasteiger partial charge in [0.25, 0.3) is 5.91 Å². The highest BCUT2D eigenvalue weighted by Crippen LogP contribution is 2.53. The van der Waals surface area contributed by atoms with Gasteiger partial charge in [-0.05, 0) is 37.3 Å². The van der Waals surface area contributed by atoms with E-state index in [0.717, 1.165) is 12.8 Å². The van der Waals surface area contributed by atoms with E-state index in [1.165, 1.54) is 7.11 Å². The molecule has 0 aromatic heterocycles. The van der Waals surface area contributed by atoms with Crippen molar-refractivity contribution in [2.45, 2.75) is 37.5 Å². The number of ether oxygens (including phenoxy) is 2. The molecule has 0 radical (unpaired) electrons. The van der Waals surface area contributed by atoms with Gasteiger partial charge in [0, 0.05) is 24.8 Å². The molecule has 152 valence electrons. The number of amides is 2. The Morgan fingerprint density at radius 2 is 2.10 bits per heavy atom. The number of hydrogen-bond donors (Lipinski definition) is 1. The zero-order valence-corrected chi connectivity index (χ0v) is 16.3. The smallest absolute Gasteiger partial charge is 0.332 e. The molecule has 1 spiro atoms. The molecule has 29 heavy (non-hydrogen) atoms. The predicted molar refractivity (Wildman–Crippen MR) is 103 cm³/mol. The lowest BCUT2D eigenvalue weighted by molar-refractivity contribution is -0.161. The molecule has 6 rings (SSSR count). The molecule has 1 aromatic rings. The van der Waals surface area contributed by atoms with E-state index in [1.807, 2.05) is 24.3 Å². The SMILES string of the molecule is COC(=O)[C@@H]1C=CCN1C(=O)[C@@H]1C[C@H]2CC[C@H]1C[C@@]21NC(=O)c2ccccc2O1. The first kappa shape index (κ1) is 18.2. The molecule has 1 aromatic carbocycles. The Labute approximate surface area is 169 Å². The summed E-state index contributed by atoms with van der Waals surface area (Å²) in [5.74, 6) is 0.0893. The molecule has 3 fully saturated rings. The number of esters is 1. The van der Waals surface area contributed by atoms with E-state index in [0.29, 0.717) is 30.7 Å². The van der Waals surface area contributed by atoms with Gasteiger partial charge >= 0.3 is 5.97 Å². The summed E-state index contributed by atoms with van der Waals surface area (Å²) >= 11 is 0. The average molecular weight is 396 g/mol. The maximum Gasteiger partial charge on any atom is 0.332 e. The van der Waals surface area contributed by atoms with Gasteiger partial charge in [-0.25, -0.2) is 4.79 Å². The molecule has 2 bridgehead atoms. The van der Waals surface area contributed by atoms with Gasteiger partial charge in [-0.3, -0.25) is 9.59 Å². The largest absolute Gasteiger partial charge is 0.467 e. The first-order chi connectivity index (χ1) is 14.0. The monoisotopic (exact) mass is 396 g/mol. The van der Waals surface area contributed by atoms with Crippen molar-refractivity contribution < 1.29 is 23.9 Å². The van der Waals surface area contributed by atoms with Crippen LogP contribution in [0.1, 0.15) is 36.0 Å². The van der Waals surface area contributed by atoms with Gasteiger partial charge in [0.05, 0.1) is 12.7 Å². The van der Waals surface area contributed by atoms with Gasteiger partial charge in [0.1, 0.15) is 11.8 Å². The van der Waals surface area contributed by atoms with E-state index >= 15 is 0 Å². The highest BCUT2D eigenvalue weighted by molar-refractivity contribution is 5.98. The van der Waals surface area contributed by atoms with Crippen molar-refractivity contribution in [3.8, 4) is 5.75 Å². The molecule has 7 nitrogen and oxygen atoms in total. The number of carbonyl (C=O) groups is 3. The van der Waals surface area contributed by atoms with Crippen LogP contribution >= 0.6 is 0 Å². The summed E-state index contributed by atoms with van der Waals surface area (Å²) in [6.45, 7) is 0.429. The van der Waals surface area contributed by atoms with Crippen LogP contribution in [-0.4, -0.2) is 48.1 Å². The van der Waals surface area contributed by atoms with Crippen LogP contribution in [0.3, 0.4) is 0 Å². The van der Waals surface area contributed by atoms with Crippen LogP contribution < -0.4 is 10.1 Å². The molecule has 3 aliphatic carbocycles.